The van der Waals surface area contributed by atoms with E-state index >= 15 is 0 Å². The van der Waals surface area contributed by atoms with E-state index in [1.165, 1.54) is 11.3 Å². The van der Waals surface area contributed by atoms with Crippen LogP contribution in [-0.4, -0.2) is 36.1 Å². The normalized spacial score (nSPS) is 10.6. The highest BCUT2D eigenvalue weighted by atomic mass is 35.5. The number of aromatic nitrogens is 3. The van der Waals surface area contributed by atoms with E-state index in [4.69, 9.17) is 23.2 Å². The number of nitrogens with zero attached hydrogens (tertiary/aromatic N) is 5. The fraction of sp³-hybridized carbons (Fsp3) is 0.364. The molecule has 5 nitrogen and oxygen atoms in total. The van der Waals surface area contributed by atoms with Crippen molar-refractivity contribution >= 4 is 46.4 Å². The lowest BCUT2D eigenvalue weighted by Gasteiger charge is -2.18. The van der Waals surface area contributed by atoms with Gasteiger partial charge < -0.3 is 9.80 Å². The SMILES string of the molecule is CN(C)c1nc(Cl)nc(N(C)Cc2ccc(Cl)s2)n1. The maximum atomic E-state index is 5.91. The van der Waals surface area contributed by atoms with Crippen molar-refractivity contribution in [1.82, 2.24) is 15.0 Å². The van der Waals surface area contributed by atoms with E-state index < -0.39 is 0 Å². The highest BCUT2D eigenvalue weighted by Crippen LogP contribution is 2.24. The van der Waals surface area contributed by atoms with Crippen LogP contribution in [0.1, 0.15) is 4.88 Å². The molecule has 0 aliphatic heterocycles. The van der Waals surface area contributed by atoms with Crippen LogP contribution >= 0.6 is 34.5 Å². The molecule has 0 saturated carbocycles. The van der Waals surface area contributed by atoms with Gasteiger partial charge in [0.15, 0.2) is 0 Å². The minimum absolute atomic E-state index is 0.185. The molecule has 0 radical (unpaired) electrons. The maximum absolute atomic E-state index is 5.91. The van der Waals surface area contributed by atoms with Crippen LogP contribution in [0, 0.1) is 0 Å². The Labute approximate surface area is 125 Å². The first kappa shape index (κ1) is 14.3. The minimum atomic E-state index is 0.185. The van der Waals surface area contributed by atoms with Crippen LogP contribution in [0.5, 0.6) is 0 Å². The average Bonchev–Trinajstić information content (AvgIpc) is 2.73. The Morgan fingerprint density at radius 1 is 1.05 bits per heavy atom. The van der Waals surface area contributed by atoms with Crippen LogP contribution in [0.15, 0.2) is 12.1 Å². The number of hydrogen-bond acceptors (Lipinski definition) is 6. The van der Waals surface area contributed by atoms with Gasteiger partial charge in [0.05, 0.1) is 10.9 Å². The molecular weight excluding hydrogens is 305 g/mol. The zero-order valence-electron chi connectivity index (χ0n) is 10.8. The highest BCUT2D eigenvalue weighted by molar-refractivity contribution is 7.16. The molecule has 2 aromatic rings. The van der Waals surface area contributed by atoms with Crippen LogP contribution in [-0.2, 0) is 6.54 Å². The van der Waals surface area contributed by atoms with Crippen molar-refractivity contribution in [3.8, 4) is 0 Å². The molecule has 0 aliphatic carbocycles. The molecule has 8 heteroatoms. The maximum Gasteiger partial charge on any atom is 0.231 e. The molecule has 0 spiro atoms. The zero-order valence-corrected chi connectivity index (χ0v) is 13.1. The molecule has 0 aliphatic rings. The first-order chi connectivity index (χ1) is 8.95. The van der Waals surface area contributed by atoms with E-state index in [1.807, 2.05) is 38.2 Å². The number of halogens is 2. The van der Waals surface area contributed by atoms with Gasteiger partial charge in [-0.2, -0.15) is 15.0 Å². The molecule has 0 unspecified atom stereocenters. The Kier molecular flexibility index (Phi) is 4.44. The Balaban J connectivity index is 2.20. The summed E-state index contributed by atoms with van der Waals surface area (Å²) in [6.07, 6.45) is 0. The molecule has 0 aromatic carbocycles. The Morgan fingerprint density at radius 2 is 1.74 bits per heavy atom. The molecule has 2 aromatic heterocycles. The van der Waals surface area contributed by atoms with Gasteiger partial charge in [0.2, 0.25) is 17.2 Å². The van der Waals surface area contributed by atoms with Crippen LogP contribution < -0.4 is 9.80 Å². The fourth-order valence-electron chi connectivity index (χ4n) is 1.44. The van der Waals surface area contributed by atoms with E-state index in [1.54, 1.807) is 4.90 Å². The number of anilines is 2. The quantitative estimate of drug-likeness (QED) is 0.867. The minimum Gasteiger partial charge on any atom is -0.347 e. The van der Waals surface area contributed by atoms with E-state index in [9.17, 15) is 0 Å². The number of hydrogen-bond donors (Lipinski definition) is 0. The first-order valence-corrected chi connectivity index (χ1v) is 7.07. The van der Waals surface area contributed by atoms with Gasteiger partial charge in [-0.15, -0.1) is 11.3 Å². The largest absolute Gasteiger partial charge is 0.347 e. The standard InChI is InChI=1S/C11H13Cl2N5S/c1-17(2)10-14-9(13)15-11(16-10)18(3)6-7-4-5-8(12)19-7/h4-5H,6H2,1-3H3. The Bertz CT molecular complexity index is 572. The van der Waals surface area contributed by atoms with Crippen molar-refractivity contribution in [1.29, 1.82) is 0 Å². The molecule has 19 heavy (non-hydrogen) atoms. The van der Waals surface area contributed by atoms with Crippen LogP contribution in [0.3, 0.4) is 0 Å². The van der Waals surface area contributed by atoms with Gasteiger partial charge in [-0.1, -0.05) is 11.6 Å². The second-order valence-electron chi connectivity index (χ2n) is 4.16. The van der Waals surface area contributed by atoms with Crippen molar-refractivity contribution in [3.05, 3.63) is 26.6 Å². The van der Waals surface area contributed by atoms with E-state index in [-0.39, 0.29) is 5.28 Å². The third-order valence-corrected chi connectivity index (χ3v) is 3.73. The summed E-state index contributed by atoms with van der Waals surface area (Å²) >= 11 is 13.4. The van der Waals surface area contributed by atoms with Crippen molar-refractivity contribution in [2.24, 2.45) is 0 Å². The monoisotopic (exact) mass is 317 g/mol. The van der Waals surface area contributed by atoms with Gasteiger partial charge in [-0.3, -0.25) is 0 Å². The van der Waals surface area contributed by atoms with Gasteiger partial charge in [0.25, 0.3) is 0 Å². The van der Waals surface area contributed by atoms with Crippen molar-refractivity contribution < 1.29 is 0 Å². The first-order valence-electron chi connectivity index (χ1n) is 5.50. The molecule has 0 N–H and O–H groups in total. The molecular formula is C11H13Cl2N5S. The molecule has 0 atom stereocenters. The second-order valence-corrected chi connectivity index (χ2v) is 6.30. The number of thiophene rings is 1. The van der Waals surface area contributed by atoms with Crippen molar-refractivity contribution in [2.75, 3.05) is 30.9 Å². The van der Waals surface area contributed by atoms with Gasteiger partial charge in [-0.05, 0) is 23.7 Å². The summed E-state index contributed by atoms with van der Waals surface area (Å²) in [5.74, 6) is 1.07. The van der Waals surface area contributed by atoms with Crippen LogP contribution in [0.2, 0.25) is 9.62 Å². The molecule has 0 fully saturated rings. The van der Waals surface area contributed by atoms with Gasteiger partial charge in [0.1, 0.15) is 0 Å². The summed E-state index contributed by atoms with van der Waals surface area (Å²) in [7, 11) is 5.61. The Morgan fingerprint density at radius 3 is 2.32 bits per heavy atom. The smallest absolute Gasteiger partial charge is 0.231 e. The Hall–Kier alpha value is -1.11. The van der Waals surface area contributed by atoms with Gasteiger partial charge in [0, 0.05) is 26.0 Å². The topological polar surface area (TPSA) is 45.2 Å². The van der Waals surface area contributed by atoms with E-state index in [0.29, 0.717) is 18.4 Å². The van der Waals surface area contributed by atoms with E-state index in [2.05, 4.69) is 15.0 Å². The fourth-order valence-corrected chi connectivity index (χ4v) is 2.73. The molecule has 2 heterocycles. The molecule has 102 valence electrons. The summed E-state index contributed by atoms with van der Waals surface area (Å²) < 4.78 is 0.769. The second kappa shape index (κ2) is 5.90. The van der Waals surface area contributed by atoms with Crippen LogP contribution in [0.25, 0.3) is 0 Å². The van der Waals surface area contributed by atoms with Crippen molar-refractivity contribution in [3.63, 3.8) is 0 Å². The molecule has 2 rings (SSSR count). The molecule has 0 saturated heterocycles. The third kappa shape index (κ3) is 3.68. The molecule has 0 amide bonds. The number of rotatable bonds is 4. The van der Waals surface area contributed by atoms with E-state index in [0.717, 1.165) is 9.21 Å². The predicted octanol–water partition coefficient (Wildman–Crippen LogP) is 2.94. The third-order valence-electron chi connectivity index (χ3n) is 2.35. The van der Waals surface area contributed by atoms with Crippen molar-refractivity contribution in [2.45, 2.75) is 6.54 Å². The summed E-state index contributed by atoms with van der Waals surface area (Å²) in [5, 5.41) is 0.185. The van der Waals surface area contributed by atoms with Gasteiger partial charge in [-0.25, -0.2) is 0 Å². The summed E-state index contributed by atoms with van der Waals surface area (Å²) in [4.78, 5) is 17.4. The lowest BCUT2D eigenvalue weighted by Crippen LogP contribution is -2.21. The summed E-state index contributed by atoms with van der Waals surface area (Å²) in [6, 6.07) is 3.86. The predicted molar refractivity (Wildman–Crippen MR) is 80.6 cm³/mol. The van der Waals surface area contributed by atoms with Crippen LogP contribution in [0.4, 0.5) is 11.9 Å². The average molecular weight is 318 g/mol. The summed E-state index contributed by atoms with van der Waals surface area (Å²) in [5.41, 5.74) is 0. The van der Waals surface area contributed by atoms with Gasteiger partial charge >= 0.3 is 0 Å². The molecule has 0 bridgehead atoms. The highest BCUT2D eigenvalue weighted by Gasteiger charge is 2.11. The lowest BCUT2D eigenvalue weighted by molar-refractivity contribution is 0.850. The summed E-state index contributed by atoms with van der Waals surface area (Å²) in [6.45, 7) is 0.671. The lowest BCUT2D eigenvalue weighted by atomic mass is 10.4. The zero-order chi connectivity index (χ0) is 14.0.